The topological polar surface area (TPSA) is 80.2 Å². The van der Waals surface area contributed by atoms with E-state index in [4.69, 9.17) is 12.2 Å². The fourth-order valence-electron chi connectivity index (χ4n) is 1.11. The van der Waals surface area contributed by atoms with Gasteiger partial charge in [-0.15, -0.1) is 10.2 Å². The third kappa shape index (κ3) is 1.91. The number of rotatable bonds is 2. The molecular formula is C8H4N4O2S. The van der Waals surface area contributed by atoms with Crippen LogP contribution in [0.25, 0.3) is 0 Å². The van der Waals surface area contributed by atoms with Crippen molar-refractivity contribution in [2.45, 2.75) is 0 Å². The number of amidine groups is 1. The minimum Gasteiger partial charge on any atom is -0.258 e. The van der Waals surface area contributed by atoms with Crippen molar-refractivity contribution in [3.8, 4) is 0 Å². The molecule has 1 heterocycles. The van der Waals surface area contributed by atoms with E-state index >= 15 is 0 Å². The number of nitro benzene ring substituents is 1. The van der Waals surface area contributed by atoms with Gasteiger partial charge < -0.3 is 0 Å². The molecule has 0 unspecified atom stereocenters. The Kier molecular flexibility index (Phi) is 2.30. The standard InChI is InChI=1S/C8H4N4O2S/c13-12(14)6-3-1-2-5(4-6)7-9-8(15)11-10-7/h1-4H. The Hall–Kier alpha value is -2.02. The maximum atomic E-state index is 10.5. The number of hydrogen-bond acceptors (Lipinski definition) is 4. The van der Waals surface area contributed by atoms with Crippen molar-refractivity contribution in [3.63, 3.8) is 0 Å². The first kappa shape index (κ1) is 9.53. The van der Waals surface area contributed by atoms with Crippen molar-refractivity contribution in [2.24, 2.45) is 15.2 Å². The maximum absolute atomic E-state index is 10.5. The third-order valence-electron chi connectivity index (χ3n) is 1.75. The minimum absolute atomic E-state index is 0.0109. The van der Waals surface area contributed by atoms with Crippen molar-refractivity contribution in [2.75, 3.05) is 0 Å². The van der Waals surface area contributed by atoms with E-state index in [9.17, 15) is 10.1 Å². The molecule has 0 radical (unpaired) electrons. The SMILES string of the molecule is O=[N+]([O-])c1cccc(C2=NC(=S)N=N2)c1. The molecule has 0 bridgehead atoms. The second-order valence-corrected chi connectivity index (χ2v) is 3.09. The number of nitro groups is 1. The highest BCUT2D eigenvalue weighted by molar-refractivity contribution is 7.80. The van der Waals surface area contributed by atoms with Gasteiger partial charge in [-0.3, -0.25) is 10.1 Å². The average molecular weight is 220 g/mol. The highest BCUT2D eigenvalue weighted by Gasteiger charge is 2.13. The lowest BCUT2D eigenvalue weighted by molar-refractivity contribution is -0.384. The summed E-state index contributed by atoms with van der Waals surface area (Å²) in [6.07, 6.45) is 0. The molecule has 1 aliphatic rings. The molecule has 0 atom stereocenters. The summed E-state index contributed by atoms with van der Waals surface area (Å²) in [7, 11) is 0. The van der Waals surface area contributed by atoms with Crippen molar-refractivity contribution in [1.29, 1.82) is 0 Å². The summed E-state index contributed by atoms with van der Waals surface area (Å²) < 4.78 is 0. The van der Waals surface area contributed by atoms with Gasteiger partial charge in [0.25, 0.3) is 5.69 Å². The molecular weight excluding hydrogens is 216 g/mol. The van der Waals surface area contributed by atoms with E-state index in [0.29, 0.717) is 11.4 Å². The van der Waals surface area contributed by atoms with Gasteiger partial charge >= 0.3 is 0 Å². The fourth-order valence-corrected chi connectivity index (χ4v) is 1.23. The van der Waals surface area contributed by atoms with Crippen LogP contribution in [0.3, 0.4) is 0 Å². The normalized spacial score (nSPS) is 14.1. The molecule has 7 heteroatoms. The molecule has 0 N–H and O–H groups in total. The predicted molar refractivity (Wildman–Crippen MR) is 57.1 cm³/mol. The molecule has 1 aromatic rings. The summed E-state index contributed by atoms with van der Waals surface area (Å²) in [6.45, 7) is 0. The van der Waals surface area contributed by atoms with E-state index in [2.05, 4.69) is 15.2 Å². The van der Waals surface area contributed by atoms with Crippen LogP contribution >= 0.6 is 12.2 Å². The molecule has 74 valence electrons. The molecule has 0 saturated carbocycles. The predicted octanol–water partition coefficient (Wildman–Crippen LogP) is 2.09. The molecule has 0 fully saturated rings. The van der Waals surface area contributed by atoms with Gasteiger partial charge in [0.05, 0.1) is 4.92 Å². The Morgan fingerprint density at radius 2 is 2.13 bits per heavy atom. The van der Waals surface area contributed by atoms with Gasteiger partial charge in [-0.25, -0.2) is 0 Å². The first-order valence-corrected chi connectivity index (χ1v) is 4.37. The number of non-ortho nitro benzene ring substituents is 1. The minimum atomic E-state index is -0.478. The second kappa shape index (κ2) is 3.62. The highest BCUT2D eigenvalue weighted by atomic mass is 32.1. The number of azo groups is 1. The summed E-state index contributed by atoms with van der Waals surface area (Å²) in [5, 5.41) is 17.9. The Balaban J connectivity index is 2.42. The van der Waals surface area contributed by atoms with E-state index < -0.39 is 4.92 Å². The van der Waals surface area contributed by atoms with E-state index in [1.807, 2.05) is 0 Å². The zero-order valence-corrected chi connectivity index (χ0v) is 8.14. The van der Waals surface area contributed by atoms with Gasteiger partial charge in [-0.2, -0.15) is 4.99 Å². The molecule has 0 aromatic heterocycles. The third-order valence-corrected chi connectivity index (χ3v) is 1.92. The highest BCUT2D eigenvalue weighted by Crippen LogP contribution is 2.16. The Labute approximate surface area is 89.5 Å². The quantitative estimate of drug-likeness (QED) is 0.434. The van der Waals surface area contributed by atoms with Crippen molar-refractivity contribution in [1.82, 2.24) is 0 Å². The Bertz CT molecular complexity index is 509. The van der Waals surface area contributed by atoms with Crippen LogP contribution in [0.1, 0.15) is 5.56 Å². The zero-order chi connectivity index (χ0) is 10.8. The smallest absolute Gasteiger partial charge is 0.258 e. The summed E-state index contributed by atoms with van der Waals surface area (Å²) in [4.78, 5) is 13.9. The molecule has 1 aliphatic heterocycles. The number of benzene rings is 1. The van der Waals surface area contributed by atoms with Gasteiger partial charge in [0.1, 0.15) is 0 Å². The number of aliphatic imine (C=N–C) groups is 1. The van der Waals surface area contributed by atoms with E-state index in [1.54, 1.807) is 12.1 Å². The summed E-state index contributed by atoms with van der Waals surface area (Å²) >= 11 is 4.70. The van der Waals surface area contributed by atoms with Crippen LogP contribution in [-0.4, -0.2) is 15.9 Å². The molecule has 0 spiro atoms. The Morgan fingerprint density at radius 3 is 2.73 bits per heavy atom. The van der Waals surface area contributed by atoms with Gasteiger partial charge in [-0.05, 0) is 12.2 Å². The maximum Gasteiger partial charge on any atom is 0.270 e. The molecule has 0 saturated heterocycles. The lowest BCUT2D eigenvalue weighted by atomic mass is 10.2. The monoisotopic (exact) mass is 220 g/mol. The van der Waals surface area contributed by atoms with Crippen LogP contribution in [0.2, 0.25) is 0 Å². The van der Waals surface area contributed by atoms with Crippen LogP contribution in [0.4, 0.5) is 5.69 Å². The Morgan fingerprint density at radius 1 is 1.33 bits per heavy atom. The average Bonchev–Trinajstić information content (AvgIpc) is 2.65. The molecule has 1 aromatic carbocycles. The fraction of sp³-hybridized carbons (Fsp3) is 0. The molecule has 15 heavy (non-hydrogen) atoms. The molecule has 6 nitrogen and oxygen atoms in total. The van der Waals surface area contributed by atoms with Crippen LogP contribution in [-0.2, 0) is 0 Å². The van der Waals surface area contributed by atoms with Gasteiger partial charge in [0, 0.05) is 17.7 Å². The molecule has 0 aliphatic carbocycles. The van der Waals surface area contributed by atoms with Crippen LogP contribution in [0.15, 0.2) is 39.5 Å². The van der Waals surface area contributed by atoms with Gasteiger partial charge in [0.2, 0.25) is 5.11 Å². The van der Waals surface area contributed by atoms with Crippen LogP contribution in [0, 0.1) is 10.1 Å². The van der Waals surface area contributed by atoms with Gasteiger partial charge in [0.15, 0.2) is 5.84 Å². The summed E-state index contributed by atoms with van der Waals surface area (Å²) in [5.74, 6) is 0.309. The van der Waals surface area contributed by atoms with E-state index in [-0.39, 0.29) is 10.8 Å². The van der Waals surface area contributed by atoms with Crippen molar-refractivity contribution in [3.05, 3.63) is 39.9 Å². The van der Waals surface area contributed by atoms with Gasteiger partial charge in [-0.1, -0.05) is 12.1 Å². The van der Waals surface area contributed by atoms with E-state index in [0.717, 1.165) is 0 Å². The number of nitrogens with zero attached hydrogens (tertiary/aromatic N) is 4. The number of hydrogen-bond donors (Lipinski definition) is 0. The molecule has 2 rings (SSSR count). The zero-order valence-electron chi connectivity index (χ0n) is 7.32. The van der Waals surface area contributed by atoms with Crippen LogP contribution in [0.5, 0.6) is 0 Å². The molecule has 0 amide bonds. The summed E-state index contributed by atoms with van der Waals surface area (Å²) in [5.41, 5.74) is 0.524. The first-order chi connectivity index (χ1) is 7.16. The van der Waals surface area contributed by atoms with E-state index in [1.165, 1.54) is 12.1 Å². The first-order valence-electron chi connectivity index (χ1n) is 3.96. The van der Waals surface area contributed by atoms with Crippen molar-refractivity contribution >= 4 is 28.9 Å². The van der Waals surface area contributed by atoms with Crippen molar-refractivity contribution < 1.29 is 4.92 Å². The second-order valence-electron chi connectivity index (χ2n) is 2.73. The lowest BCUT2D eigenvalue weighted by Crippen LogP contribution is -1.96. The largest absolute Gasteiger partial charge is 0.270 e. The number of thiocarbonyl (C=S) groups is 1. The lowest BCUT2D eigenvalue weighted by Gasteiger charge is -1.95. The summed E-state index contributed by atoms with van der Waals surface area (Å²) in [6, 6.07) is 6.01. The van der Waals surface area contributed by atoms with Crippen LogP contribution < -0.4 is 0 Å².